The van der Waals surface area contributed by atoms with Crippen molar-refractivity contribution in [2.24, 2.45) is 0 Å². The number of carbonyl (C=O) groups is 3. The van der Waals surface area contributed by atoms with Gasteiger partial charge >= 0.3 is 5.97 Å². The molecule has 2 amide bonds. The van der Waals surface area contributed by atoms with Crippen LogP contribution in [0.1, 0.15) is 31.1 Å². The number of fused-ring (bicyclic) bond motifs is 1. The molecule has 0 saturated heterocycles. The molecule has 0 radical (unpaired) electrons. The van der Waals surface area contributed by atoms with Crippen molar-refractivity contribution in [3.8, 4) is 0 Å². The fourth-order valence-corrected chi connectivity index (χ4v) is 2.56. The van der Waals surface area contributed by atoms with Crippen molar-refractivity contribution >= 4 is 35.1 Å². The Morgan fingerprint density at radius 3 is 2.28 bits per heavy atom. The second kappa shape index (κ2) is 6.33. The Bertz CT molecular complexity index is 892. The number of rotatable bonds is 4. The monoisotopic (exact) mass is 360 g/mol. The lowest BCUT2D eigenvalue weighted by molar-refractivity contribution is -0.385. The molecule has 0 unspecified atom stereocenters. The molecule has 9 heteroatoms. The standard InChI is InChI=1S/C16H9ClN2O6/c17-9-5-6-13(19(23)24)12(7-9)16(22)25-8-18-14(20)10-3-1-2-4-11(10)15(18)21/h1-7H,8H2. The molecule has 0 fully saturated rings. The average Bonchev–Trinajstić information content (AvgIpc) is 2.84. The predicted molar refractivity (Wildman–Crippen MR) is 85.3 cm³/mol. The normalized spacial score (nSPS) is 12.9. The van der Waals surface area contributed by atoms with E-state index in [0.717, 1.165) is 17.0 Å². The van der Waals surface area contributed by atoms with Gasteiger partial charge in [0.05, 0.1) is 16.1 Å². The highest BCUT2D eigenvalue weighted by molar-refractivity contribution is 6.31. The van der Waals surface area contributed by atoms with Crippen LogP contribution in [-0.2, 0) is 4.74 Å². The molecule has 0 spiro atoms. The van der Waals surface area contributed by atoms with Crippen LogP contribution in [0.4, 0.5) is 5.69 Å². The second-order valence-corrected chi connectivity index (χ2v) is 5.50. The third-order valence-electron chi connectivity index (χ3n) is 3.58. The fraction of sp³-hybridized carbons (Fsp3) is 0.0625. The zero-order chi connectivity index (χ0) is 18.1. The van der Waals surface area contributed by atoms with Gasteiger partial charge in [0.1, 0.15) is 5.56 Å². The van der Waals surface area contributed by atoms with E-state index in [9.17, 15) is 24.5 Å². The number of nitrogens with zero attached hydrogens (tertiary/aromatic N) is 2. The summed E-state index contributed by atoms with van der Waals surface area (Å²) >= 11 is 5.75. The molecule has 0 aliphatic carbocycles. The summed E-state index contributed by atoms with van der Waals surface area (Å²) in [5.74, 6) is -2.27. The summed E-state index contributed by atoms with van der Waals surface area (Å²) in [7, 11) is 0. The Labute approximate surface area is 145 Å². The number of amides is 2. The molecule has 2 aromatic carbocycles. The molecular formula is C16H9ClN2O6. The summed E-state index contributed by atoms with van der Waals surface area (Å²) < 4.78 is 4.91. The van der Waals surface area contributed by atoms with Gasteiger partial charge in [0.2, 0.25) is 0 Å². The van der Waals surface area contributed by atoms with Gasteiger partial charge in [-0.3, -0.25) is 19.7 Å². The summed E-state index contributed by atoms with van der Waals surface area (Å²) in [6, 6.07) is 9.61. The summed E-state index contributed by atoms with van der Waals surface area (Å²) in [5, 5.41) is 11.1. The van der Waals surface area contributed by atoms with Crippen molar-refractivity contribution in [2.75, 3.05) is 6.73 Å². The lowest BCUT2D eigenvalue weighted by Crippen LogP contribution is -2.33. The number of hydrogen-bond acceptors (Lipinski definition) is 6. The molecule has 0 bridgehead atoms. The third kappa shape index (κ3) is 2.94. The van der Waals surface area contributed by atoms with E-state index in [1.165, 1.54) is 18.2 Å². The number of nitro groups is 1. The van der Waals surface area contributed by atoms with Crippen LogP contribution in [0.2, 0.25) is 5.02 Å². The summed E-state index contributed by atoms with van der Waals surface area (Å²) in [6.45, 7) is -0.658. The van der Waals surface area contributed by atoms with E-state index in [-0.39, 0.29) is 21.7 Å². The molecule has 0 aromatic heterocycles. The van der Waals surface area contributed by atoms with Crippen molar-refractivity contribution in [1.82, 2.24) is 4.90 Å². The first-order valence-electron chi connectivity index (χ1n) is 6.96. The van der Waals surface area contributed by atoms with E-state index in [0.29, 0.717) is 0 Å². The largest absolute Gasteiger partial charge is 0.440 e. The smallest absolute Gasteiger partial charge is 0.346 e. The van der Waals surface area contributed by atoms with Crippen LogP contribution >= 0.6 is 11.6 Å². The zero-order valence-electron chi connectivity index (χ0n) is 12.5. The Morgan fingerprint density at radius 1 is 1.12 bits per heavy atom. The van der Waals surface area contributed by atoms with Crippen LogP contribution in [0, 0.1) is 10.1 Å². The van der Waals surface area contributed by atoms with Gasteiger partial charge in [-0.1, -0.05) is 23.7 Å². The number of benzene rings is 2. The SMILES string of the molecule is O=C(OCN1C(=O)c2ccccc2C1=O)c1cc(Cl)ccc1[N+](=O)[O-]. The zero-order valence-corrected chi connectivity index (χ0v) is 13.2. The number of imide groups is 1. The molecule has 3 rings (SSSR count). The van der Waals surface area contributed by atoms with Gasteiger partial charge < -0.3 is 4.74 Å². The van der Waals surface area contributed by atoms with Crippen molar-refractivity contribution < 1.29 is 24.0 Å². The molecule has 1 aliphatic heterocycles. The molecule has 25 heavy (non-hydrogen) atoms. The lowest BCUT2D eigenvalue weighted by Gasteiger charge is -2.14. The van der Waals surface area contributed by atoms with E-state index >= 15 is 0 Å². The van der Waals surface area contributed by atoms with Crippen LogP contribution in [0.5, 0.6) is 0 Å². The highest BCUT2D eigenvalue weighted by Crippen LogP contribution is 2.25. The molecule has 0 saturated carbocycles. The Kier molecular flexibility index (Phi) is 4.20. The molecular weight excluding hydrogens is 352 g/mol. The predicted octanol–water partition coefficient (Wildman–Crippen LogP) is 2.66. The second-order valence-electron chi connectivity index (χ2n) is 5.06. The minimum atomic E-state index is -1.06. The van der Waals surface area contributed by atoms with E-state index < -0.39 is 35.1 Å². The Morgan fingerprint density at radius 2 is 1.72 bits per heavy atom. The number of ether oxygens (including phenoxy) is 1. The molecule has 1 aliphatic rings. The molecule has 0 atom stereocenters. The fourth-order valence-electron chi connectivity index (χ4n) is 2.39. The van der Waals surface area contributed by atoms with Gasteiger partial charge in [-0.2, -0.15) is 0 Å². The summed E-state index contributed by atoms with van der Waals surface area (Å²) in [4.78, 5) is 47.5. The number of hydrogen-bond donors (Lipinski definition) is 0. The first kappa shape index (κ1) is 16.6. The Balaban J connectivity index is 1.78. The highest BCUT2D eigenvalue weighted by Gasteiger charge is 2.36. The maximum Gasteiger partial charge on any atom is 0.346 e. The summed E-state index contributed by atoms with van der Waals surface area (Å²) in [6.07, 6.45) is 0. The number of nitro benzene ring substituents is 1. The quantitative estimate of drug-likeness (QED) is 0.359. The highest BCUT2D eigenvalue weighted by atomic mass is 35.5. The van der Waals surface area contributed by atoms with E-state index in [1.807, 2.05) is 0 Å². The number of carbonyl (C=O) groups excluding carboxylic acids is 3. The van der Waals surface area contributed by atoms with Crippen molar-refractivity contribution in [2.45, 2.75) is 0 Å². The molecule has 1 heterocycles. The summed E-state index contributed by atoms with van der Waals surface area (Å²) in [5.41, 5.74) is -0.444. The Hall–Kier alpha value is -3.26. The molecule has 2 aromatic rings. The minimum Gasteiger partial charge on any atom is -0.440 e. The van der Waals surface area contributed by atoms with Gasteiger partial charge in [0.25, 0.3) is 17.5 Å². The van der Waals surface area contributed by atoms with Crippen LogP contribution in [-0.4, -0.2) is 34.3 Å². The molecule has 8 nitrogen and oxygen atoms in total. The van der Waals surface area contributed by atoms with Crippen LogP contribution in [0.25, 0.3) is 0 Å². The van der Waals surface area contributed by atoms with Crippen molar-refractivity contribution in [3.63, 3.8) is 0 Å². The van der Waals surface area contributed by atoms with E-state index in [4.69, 9.17) is 16.3 Å². The first-order valence-corrected chi connectivity index (χ1v) is 7.34. The maximum atomic E-state index is 12.2. The molecule has 0 N–H and O–H groups in total. The topological polar surface area (TPSA) is 107 Å². The minimum absolute atomic E-state index is 0.110. The van der Waals surface area contributed by atoms with Crippen LogP contribution in [0.15, 0.2) is 42.5 Å². The van der Waals surface area contributed by atoms with Crippen LogP contribution < -0.4 is 0 Å². The first-order chi connectivity index (χ1) is 11.9. The number of halogens is 1. The van der Waals surface area contributed by atoms with Crippen LogP contribution in [0.3, 0.4) is 0 Å². The van der Waals surface area contributed by atoms with E-state index in [2.05, 4.69) is 0 Å². The van der Waals surface area contributed by atoms with Gasteiger partial charge in [0, 0.05) is 11.1 Å². The maximum absolute atomic E-state index is 12.2. The van der Waals surface area contributed by atoms with Crippen molar-refractivity contribution in [1.29, 1.82) is 0 Å². The van der Waals surface area contributed by atoms with Gasteiger partial charge in [0.15, 0.2) is 6.73 Å². The lowest BCUT2D eigenvalue weighted by atomic mass is 10.1. The van der Waals surface area contributed by atoms with Gasteiger partial charge in [-0.15, -0.1) is 0 Å². The number of esters is 1. The molecule has 126 valence electrons. The third-order valence-corrected chi connectivity index (χ3v) is 3.81. The van der Waals surface area contributed by atoms with Crippen molar-refractivity contribution in [3.05, 3.63) is 74.3 Å². The van der Waals surface area contributed by atoms with E-state index in [1.54, 1.807) is 12.1 Å². The average molecular weight is 361 g/mol. The van der Waals surface area contributed by atoms with Gasteiger partial charge in [-0.05, 0) is 24.3 Å². The van der Waals surface area contributed by atoms with Gasteiger partial charge in [-0.25, -0.2) is 9.69 Å².